The van der Waals surface area contributed by atoms with Crippen molar-refractivity contribution >= 4 is 29.6 Å². The van der Waals surface area contributed by atoms with E-state index >= 15 is 0 Å². The van der Waals surface area contributed by atoms with Crippen LogP contribution in [0.3, 0.4) is 0 Å². The zero-order chi connectivity index (χ0) is 14.7. The van der Waals surface area contributed by atoms with Crippen molar-refractivity contribution in [3.8, 4) is 0 Å². The maximum atomic E-state index is 10.00. The largest absolute Gasteiger partial charge is 0.450 e. The molecular formula is C12H13N3O4. The molecule has 0 saturated heterocycles. The molecule has 0 aliphatic rings. The molecule has 0 saturated carbocycles. The Bertz CT molecular complexity index is 530. The fourth-order valence-corrected chi connectivity index (χ4v) is 1.03. The van der Waals surface area contributed by atoms with E-state index in [1.54, 1.807) is 26.0 Å². The molecule has 0 unspecified atom stereocenters. The second-order valence-corrected chi connectivity index (χ2v) is 3.13. The fourth-order valence-electron chi connectivity index (χ4n) is 1.03. The zero-order valence-corrected chi connectivity index (χ0v) is 10.5. The molecule has 0 atom stereocenters. The molecule has 100 valence electrons. The molecule has 7 nitrogen and oxygen atoms in total. The SMILES string of the molecule is CCOC(N)=O.Cc1ccc(N=C=O)cc1N=C=O. The van der Waals surface area contributed by atoms with E-state index in [-0.39, 0.29) is 0 Å². The minimum Gasteiger partial charge on any atom is -0.450 e. The second-order valence-electron chi connectivity index (χ2n) is 3.13. The van der Waals surface area contributed by atoms with Crippen LogP contribution >= 0.6 is 0 Å². The Balaban J connectivity index is 0.000000459. The first kappa shape index (κ1) is 16.2. The van der Waals surface area contributed by atoms with Gasteiger partial charge in [0.25, 0.3) is 0 Å². The Morgan fingerprint density at radius 1 is 1.32 bits per heavy atom. The molecule has 0 heterocycles. The normalized spacial score (nSPS) is 8.11. The monoisotopic (exact) mass is 263 g/mol. The van der Waals surface area contributed by atoms with Crippen LogP contribution in [0.2, 0.25) is 0 Å². The van der Waals surface area contributed by atoms with Crippen molar-refractivity contribution in [2.24, 2.45) is 15.7 Å². The van der Waals surface area contributed by atoms with Crippen molar-refractivity contribution in [3.05, 3.63) is 23.8 Å². The maximum Gasteiger partial charge on any atom is 0.404 e. The molecule has 0 aliphatic heterocycles. The van der Waals surface area contributed by atoms with Crippen molar-refractivity contribution < 1.29 is 19.1 Å². The highest BCUT2D eigenvalue weighted by Gasteiger charge is 1.97. The van der Waals surface area contributed by atoms with E-state index in [1.165, 1.54) is 18.2 Å². The van der Waals surface area contributed by atoms with Crippen LogP contribution in [-0.2, 0) is 14.3 Å². The first-order valence-corrected chi connectivity index (χ1v) is 5.23. The van der Waals surface area contributed by atoms with Crippen LogP contribution < -0.4 is 5.73 Å². The topological polar surface area (TPSA) is 111 Å². The molecule has 0 fully saturated rings. The van der Waals surface area contributed by atoms with Gasteiger partial charge in [-0.25, -0.2) is 14.4 Å². The molecule has 0 aliphatic carbocycles. The van der Waals surface area contributed by atoms with Crippen LogP contribution in [0.25, 0.3) is 0 Å². The number of hydrogen-bond donors (Lipinski definition) is 1. The molecule has 1 rings (SSSR count). The van der Waals surface area contributed by atoms with Crippen LogP contribution in [0, 0.1) is 6.92 Å². The van der Waals surface area contributed by atoms with Gasteiger partial charge in [0, 0.05) is 0 Å². The van der Waals surface area contributed by atoms with Crippen LogP contribution in [0.15, 0.2) is 28.2 Å². The standard InChI is InChI=1S/C9H6N2O2.C3H7NO2/c1-7-2-3-8(10-5-12)4-9(7)11-6-13;1-2-6-3(4)5/h2-4H,1H3;2H2,1H3,(H2,4,5). The summed E-state index contributed by atoms with van der Waals surface area (Å²) in [7, 11) is 0. The molecule has 19 heavy (non-hydrogen) atoms. The van der Waals surface area contributed by atoms with Gasteiger partial charge in [0.1, 0.15) is 0 Å². The fraction of sp³-hybridized carbons (Fsp3) is 0.250. The van der Waals surface area contributed by atoms with Gasteiger partial charge in [0.15, 0.2) is 0 Å². The predicted molar refractivity (Wildman–Crippen MR) is 68.0 cm³/mol. The Kier molecular flexibility index (Phi) is 7.95. The summed E-state index contributed by atoms with van der Waals surface area (Å²) in [5.74, 6) is 0. The molecule has 0 radical (unpaired) electrons. The Hall–Kier alpha value is -2.75. The number of ether oxygens (including phenoxy) is 1. The number of aryl methyl sites for hydroxylation is 1. The Morgan fingerprint density at radius 3 is 2.37 bits per heavy atom. The number of carbonyl (C=O) groups is 1. The molecule has 2 N–H and O–H groups in total. The van der Waals surface area contributed by atoms with Crippen molar-refractivity contribution in [3.63, 3.8) is 0 Å². The zero-order valence-electron chi connectivity index (χ0n) is 10.5. The van der Waals surface area contributed by atoms with E-state index in [9.17, 15) is 14.4 Å². The highest BCUT2D eigenvalue weighted by atomic mass is 16.5. The smallest absolute Gasteiger partial charge is 0.404 e. The lowest BCUT2D eigenvalue weighted by molar-refractivity contribution is 0.163. The number of rotatable bonds is 3. The summed E-state index contributed by atoms with van der Waals surface area (Å²) in [6, 6.07) is 4.88. The minimum atomic E-state index is -0.711. The maximum absolute atomic E-state index is 10.00. The lowest BCUT2D eigenvalue weighted by Gasteiger charge is -1.97. The third kappa shape index (κ3) is 7.23. The van der Waals surface area contributed by atoms with Crippen molar-refractivity contribution in [2.75, 3.05) is 6.61 Å². The van der Waals surface area contributed by atoms with Gasteiger partial charge in [-0.05, 0) is 31.5 Å². The number of amides is 1. The first-order chi connectivity index (χ1) is 9.04. The summed E-state index contributed by atoms with van der Waals surface area (Å²) in [5.41, 5.74) is 6.26. The predicted octanol–water partition coefficient (Wildman–Crippen LogP) is 2.03. The molecular weight excluding hydrogens is 250 g/mol. The minimum absolute atomic E-state index is 0.356. The van der Waals surface area contributed by atoms with Crippen LogP contribution in [0.4, 0.5) is 16.2 Å². The van der Waals surface area contributed by atoms with Gasteiger partial charge in [-0.3, -0.25) is 0 Å². The average molecular weight is 263 g/mol. The molecule has 0 aromatic heterocycles. The molecule has 1 aromatic rings. The molecule has 1 amide bonds. The molecule has 0 spiro atoms. The summed E-state index contributed by atoms with van der Waals surface area (Å²) in [6.07, 6.45) is 2.13. The Labute approximate surface area is 109 Å². The van der Waals surface area contributed by atoms with E-state index < -0.39 is 6.09 Å². The van der Waals surface area contributed by atoms with Gasteiger partial charge in [-0.2, -0.15) is 9.98 Å². The quantitative estimate of drug-likeness (QED) is 0.664. The van der Waals surface area contributed by atoms with Crippen molar-refractivity contribution in [1.29, 1.82) is 0 Å². The molecule has 1 aromatic carbocycles. The Morgan fingerprint density at radius 2 is 1.95 bits per heavy atom. The van der Waals surface area contributed by atoms with Crippen molar-refractivity contribution in [1.82, 2.24) is 0 Å². The van der Waals surface area contributed by atoms with Gasteiger partial charge >= 0.3 is 6.09 Å². The van der Waals surface area contributed by atoms with E-state index in [2.05, 4.69) is 20.5 Å². The second kappa shape index (κ2) is 9.30. The number of primary amides is 1. The summed E-state index contributed by atoms with van der Waals surface area (Å²) in [5, 5.41) is 0. The number of isocyanates is 2. The third-order valence-corrected chi connectivity index (χ3v) is 1.82. The highest BCUT2D eigenvalue weighted by molar-refractivity contribution is 5.64. The number of nitrogens with two attached hydrogens (primary N) is 1. The van der Waals surface area contributed by atoms with Crippen LogP contribution in [-0.4, -0.2) is 24.9 Å². The van der Waals surface area contributed by atoms with Gasteiger partial charge in [0.05, 0.1) is 18.0 Å². The summed E-state index contributed by atoms with van der Waals surface area (Å²) in [6.45, 7) is 3.85. The third-order valence-electron chi connectivity index (χ3n) is 1.82. The summed E-state index contributed by atoms with van der Waals surface area (Å²) in [4.78, 5) is 36.4. The van der Waals surface area contributed by atoms with Gasteiger partial charge in [-0.15, -0.1) is 0 Å². The van der Waals surface area contributed by atoms with E-state index in [4.69, 9.17) is 0 Å². The van der Waals surface area contributed by atoms with Gasteiger partial charge in [-0.1, -0.05) is 6.07 Å². The summed E-state index contributed by atoms with van der Waals surface area (Å²) >= 11 is 0. The lowest BCUT2D eigenvalue weighted by atomic mass is 10.2. The van der Waals surface area contributed by atoms with E-state index in [1.807, 2.05) is 0 Å². The summed E-state index contributed by atoms with van der Waals surface area (Å²) < 4.78 is 4.18. The number of hydrogen-bond acceptors (Lipinski definition) is 6. The lowest BCUT2D eigenvalue weighted by Crippen LogP contribution is -2.11. The average Bonchev–Trinajstić information content (AvgIpc) is 2.35. The van der Waals surface area contributed by atoms with Gasteiger partial charge < -0.3 is 10.5 Å². The van der Waals surface area contributed by atoms with Crippen LogP contribution in [0.1, 0.15) is 12.5 Å². The first-order valence-electron chi connectivity index (χ1n) is 5.23. The van der Waals surface area contributed by atoms with Gasteiger partial charge in [0.2, 0.25) is 12.2 Å². The number of nitrogens with zero attached hydrogens (tertiary/aromatic N) is 2. The van der Waals surface area contributed by atoms with Crippen molar-refractivity contribution in [2.45, 2.75) is 13.8 Å². The van der Waals surface area contributed by atoms with Crippen LogP contribution in [0.5, 0.6) is 0 Å². The highest BCUT2D eigenvalue weighted by Crippen LogP contribution is 2.23. The molecule has 0 bridgehead atoms. The number of carbonyl (C=O) groups excluding carboxylic acids is 3. The number of benzene rings is 1. The van der Waals surface area contributed by atoms with E-state index in [0.717, 1.165) is 5.56 Å². The molecule has 7 heteroatoms. The number of aliphatic imine (C=N–C) groups is 2. The van der Waals surface area contributed by atoms with E-state index in [0.29, 0.717) is 18.0 Å².